The molecule has 6 nitrogen and oxygen atoms in total. The maximum absolute atomic E-state index is 12.5. The monoisotopic (exact) mass is 389 g/mol. The van der Waals surface area contributed by atoms with Crippen LogP contribution in [0.1, 0.15) is 44.6 Å². The smallest absolute Gasteiger partial charge is 0.340 e. The summed E-state index contributed by atoms with van der Waals surface area (Å²) in [5, 5.41) is 0.547. The highest BCUT2D eigenvalue weighted by Crippen LogP contribution is 2.20. The lowest BCUT2D eigenvalue weighted by molar-refractivity contribution is -0.136. The van der Waals surface area contributed by atoms with Crippen molar-refractivity contribution in [1.82, 2.24) is 4.98 Å². The van der Waals surface area contributed by atoms with Crippen LogP contribution in [0.25, 0.3) is 6.08 Å². The molecule has 0 amide bonds. The molecule has 0 saturated heterocycles. The zero-order valence-electron chi connectivity index (χ0n) is 15.3. The third-order valence-corrected chi connectivity index (χ3v) is 3.97. The van der Waals surface area contributed by atoms with Crippen LogP contribution in [0.2, 0.25) is 5.02 Å². The van der Waals surface area contributed by atoms with Gasteiger partial charge < -0.3 is 14.5 Å². The Bertz CT molecular complexity index is 898. The molecule has 0 radical (unpaired) electrons. The summed E-state index contributed by atoms with van der Waals surface area (Å²) in [5.41, 5.74) is 2.13. The molecule has 7 heteroatoms. The van der Waals surface area contributed by atoms with Crippen molar-refractivity contribution in [3.8, 4) is 0 Å². The lowest BCUT2D eigenvalue weighted by atomic mass is 10.1. The predicted molar refractivity (Wildman–Crippen MR) is 102 cm³/mol. The average molecular weight is 390 g/mol. The number of rotatable bonds is 7. The van der Waals surface area contributed by atoms with Crippen LogP contribution in [0.4, 0.5) is 0 Å². The first-order chi connectivity index (χ1) is 12.8. The van der Waals surface area contributed by atoms with Crippen LogP contribution in [-0.2, 0) is 14.3 Å². The largest absolute Gasteiger partial charge is 0.462 e. The summed E-state index contributed by atoms with van der Waals surface area (Å²) in [4.78, 5) is 39.4. The Labute approximate surface area is 162 Å². The molecular weight excluding hydrogens is 370 g/mol. The van der Waals surface area contributed by atoms with Gasteiger partial charge in [-0.2, -0.15) is 0 Å². The van der Waals surface area contributed by atoms with E-state index in [4.69, 9.17) is 21.1 Å². The zero-order valence-corrected chi connectivity index (χ0v) is 16.1. The number of H-pyrrole nitrogens is 1. The molecule has 2 aromatic rings. The van der Waals surface area contributed by atoms with E-state index in [1.165, 1.54) is 12.2 Å². The van der Waals surface area contributed by atoms with E-state index in [1.807, 2.05) is 0 Å². The van der Waals surface area contributed by atoms with Gasteiger partial charge in [0.15, 0.2) is 6.61 Å². The van der Waals surface area contributed by atoms with E-state index >= 15 is 0 Å². The van der Waals surface area contributed by atoms with Crippen LogP contribution in [0.5, 0.6) is 0 Å². The van der Waals surface area contributed by atoms with Gasteiger partial charge in [0.2, 0.25) is 5.78 Å². The molecule has 0 unspecified atom stereocenters. The molecule has 0 fully saturated rings. The second-order valence-electron chi connectivity index (χ2n) is 5.76. The minimum atomic E-state index is -0.675. The number of benzene rings is 1. The molecule has 0 aliphatic heterocycles. The van der Waals surface area contributed by atoms with E-state index < -0.39 is 24.3 Å². The van der Waals surface area contributed by atoms with Gasteiger partial charge in [-0.25, -0.2) is 9.59 Å². The van der Waals surface area contributed by atoms with E-state index in [-0.39, 0.29) is 17.7 Å². The number of carbonyl (C=O) groups excluding carboxylic acids is 3. The van der Waals surface area contributed by atoms with Crippen LogP contribution in [0.3, 0.4) is 0 Å². The van der Waals surface area contributed by atoms with Crippen molar-refractivity contribution in [1.29, 1.82) is 0 Å². The number of esters is 2. The topological polar surface area (TPSA) is 85.5 Å². The van der Waals surface area contributed by atoms with Crippen molar-refractivity contribution in [2.75, 3.05) is 13.2 Å². The second-order valence-corrected chi connectivity index (χ2v) is 6.20. The Morgan fingerprint density at radius 2 is 1.81 bits per heavy atom. The van der Waals surface area contributed by atoms with Crippen LogP contribution < -0.4 is 0 Å². The molecule has 0 saturated carbocycles. The summed E-state index contributed by atoms with van der Waals surface area (Å²) in [5.74, 6) is -1.75. The molecule has 27 heavy (non-hydrogen) atoms. The van der Waals surface area contributed by atoms with E-state index in [0.29, 0.717) is 16.4 Å². The maximum Gasteiger partial charge on any atom is 0.340 e. The number of nitrogens with one attached hydrogen (secondary N) is 1. The molecule has 0 atom stereocenters. The van der Waals surface area contributed by atoms with Gasteiger partial charge in [-0.1, -0.05) is 23.7 Å². The fourth-order valence-electron chi connectivity index (χ4n) is 2.62. The molecule has 142 valence electrons. The number of halogens is 1. The highest BCUT2D eigenvalue weighted by Gasteiger charge is 2.25. The second kappa shape index (κ2) is 9.19. The molecule has 1 heterocycles. The number of aromatic nitrogens is 1. The Morgan fingerprint density at radius 1 is 1.11 bits per heavy atom. The molecule has 1 aromatic heterocycles. The highest BCUT2D eigenvalue weighted by atomic mass is 35.5. The third-order valence-electron chi connectivity index (χ3n) is 3.74. The van der Waals surface area contributed by atoms with Crippen LogP contribution in [0, 0.1) is 13.8 Å². The number of carbonyl (C=O) groups is 3. The Hall–Kier alpha value is -2.86. The number of aryl methyl sites for hydroxylation is 2. The Balaban J connectivity index is 2.05. The van der Waals surface area contributed by atoms with Crippen molar-refractivity contribution in [3.05, 3.63) is 63.4 Å². The van der Waals surface area contributed by atoms with E-state index in [1.54, 1.807) is 45.0 Å². The van der Waals surface area contributed by atoms with Gasteiger partial charge in [-0.3, -0.25) is 4.79 Å². The van der Waals surface area contributed by atoms with Crippen molar-refractivity contribution < 1.29 is 23.9 Å². The molecule has 1 aromatic carbocycles. The molecule has 0 bridgehead atoms. The summed E-state index contributed by atoms with van der Waals surface area (Å²) in [6, 6.07) is 6.94. The van der Waals surface area contributed by atoms with Gasteiger partial charge in [-0.15, -0.1) is 0 Å². The summed E-state index contributed by atoms with van der Waals surface area (Å²) < 4.78 is 9.99. The van der Waals surface area contributed by atoms with Gasteiger partial charge in [0.1, 0.15) is 0 Å². The van der Waals surface area contributed by atoms with Crippen LogP contribution in [0.15, 0.2) is 30.3 Å². The predicted octanol–water partition coefficient (Wildman–Crippen LogP) is 3.90. The molecule has 0 aliphatic rings. The zero-order chi connectivity index (χ0) is 20.0. The summed E-state index contributed by atoms with van der Waals surface area (Å²) >= 11 is 5.87. The number of ether oxygens (including phenoxy) is 2. The van der Waals surface area contributed by atoms with E-state index in [9.17, 15) is 14.4 Å². The molecule has 0 aliphatic carbocycles. The first-order valence-corrected chi connectivity index (χ1v) is 8.71. The highest BCUT2D eigenvalue weighted by molar-refractivity contribution is 6.30. The van der Waals surface area contributed by atoms with Gasteiger partial charge in [0, 0.05) is 22.5 Å². The molecular formula is C20H20ClNO5. The quantitative estimate of drug-likeness (QED) is 0.441. The normalized spacial score (nSPS) is 10.8. The van der Waals surface area contributed by atoms with Gasteiger partial charge in [0.25, 0.3) is 0 Å². The Morgan fingerprint density at radius 3 is 2.48 bits per heavy atom. The number of aromatic amines is 1. The Kier molecular flexibility index (Phi) is 6.96. The van der Waals surface area contributed by atoms with Gasteiger partial charge in [-0.05, 0) is 44.5 Å². The standard InChI is InChI=1S/C20H20ClNO5/c1-4-26-20(25)19-13(3)22-12(2)18(19)16(23)11-27-17(24)9-8-14-6-5-7-15(21)10-14/h5-10,22H,4,11H2,1-3H3. The van der Waals surface area contributed by atoms with Gasteiger partial charge >= 0.3 is 11.9 Å². The fourth-order valence-corrected chi connectivity index (χ4v) is 2.82. The average Bonchev–Trinajstić information content (AvgIpc) is 2.92. The first kappa shape index (κ1) is 20.5. The van der Waals surface area contributed by atoms with Crippen LogP contribution in [-0.4, -0.2) is 35.9 Å². The third kappa shape index (κ3) is 5.31. The lowest BCUT2D eigenvalue weighted by Crippen LogP contribution is -2.17. The van der Waals surface area contributed by atoms with Crippen molar-refractivity contribution in [2.24, 2.45) is 0 Å². The number of hydrogen-bond donors (Lipinski definition) is 1. The fraction of sp³-hybridized carbons (Fsp3) is 0.250. The lowest BCUT2D eigenvalue weighted by Gasteiger charge is -2.06. The molecule has 0 spiro atoms. The van der Waals surface area contributed by atoms with Crippen molar-refractivity contribution in [2.45, 2.75) is 20.8 Å². The van der Waals surface area contributed by atoms with E-state index in [0.717, 1.165) is 5.56 Å². The summed E-state index contributed by atoms with van der Waals surface area (Å²) in [6.07, 6.45) is 2.74. The summed E-state index contributed by atoms with van der Waals surface area (Å²) in [6.45, 7) is 4.74. The SMILES string of the molecule is CCOC(=O)c1c(C)[nH]c(C)c1C(=O)COC(=O)C=Cc1cccc(Cl)c1. The molecule has 2 rings (SSSR count). The maximum atomic E-state index is 12.5. The molecule has 1 N–H and O–H groups in total. The minimum Gasteiger partial charge on any atom is -0.462 e. The van der Waals surface area contributed by atoms with E-state index in [2.05, 4.69) is 4.98 Å². The summed E-state index contributed by atoms with van der Waals surface area (Å²) in [7, 11) is 0. The first-order valence-electron chi connectivity index (χ1n) is 8.33. The minimum absolute atomic E-state index is 0.171. The number of Topliss-reactive ketones (excluding diaryl/α,β-unsaturated/α-hetero) is 1. The van der Waals surface area contributed by atoms with Gasteiger partial charge in [0.05, 0.1) is 17.7 Å². The number of ketones is 1. The van der Waals surface area contributed by atoms with Crippen molar-refractivity contribution in [3.63, 3.8) is 0 Å². The van der Waals surface area contributed by atoms with Crippen molar-refractivity contribution >= 4 is 35.4 Å². The number of hydrogen-bond acceptors (Lipinski definition) is 5. The van der Waals surface area contributed by atoms with Crippen LogP contribution >= 0.6 is 11.6 Å².